The summed E-state index contributed by atoms with van der Waals surface area (Å²) in [7, 11) is 1.13. The van der Waals surface area contributed by atoms with Crippen LogP contribution in [0.1, 0.15) is 17.2 Å². The zero-order chi connectivity index (χ0) is 12.6. The maximum Gasteiger partial charge on any atom is 0.339 e. The quantitative estimate of drug-likeness (QED) is 0.793. The van der Waals surface area contributed by atoms with Gasteiger partial charge in [-0.1, -0.05) is 11.6 Å². The molecular weight excluding hydrogens is 249 g/mol. The van der Waals surface area contributed by atoms with Crippen molar-refractivity contribution in [2.75, 3.05) is 19.0 Å². The van der Waals surface area contributed by atoms with Crippen molar-refractivity contribution in [1.29, 1.82) is 0 Å². The molecule has 2 N–H and O–H groups in total. The molecule has 1 aliphatic heterocycles. The highest BCUT2D eigenvalue weighted by atomic mass is 35.5. The number of aliphatic hydroxyl groups excluding tert-OH is 1. The molecule has 4 nitrogen and oxygen atoms in total. The predicted molar refractivity (Wildman–Crippen MR) is 60.6 cm³/mol. The number of aliphatic hydroxyl groups is 1. The number of carbonyl (C=O) groups is 1. The Morgan fingerprint density at radius 2 is 2.41 bits per heavy atom. The van der Waals surface area contributed by atoms with Crippen molar-refractivity contribution in [2.45, 2.75) is 12.5 Å². The summed E-state index contributed by atoms with van der Waals surface area (Å²) in [5.74, 6) is -1.71. The number of methoxy groups -OCH3 is 1. The van der Waals surface area contributed by atoms with Gasteiger partial charge in [0.25, 0.3) is 0 Å². The SMILES string of the molecule is COC(=O)C(O)c1c(F)c(Cl)cc2c1NCC2. The number of hydrogen-bond acceptors (Lipinski definition) is 4. The first-order valence-electron chi connectivity index (χ1n) is 5.06. The van der Waals surface area contributed by atoms with Crippen molar-refractivity contribution < 1.29 is 19.0 Å². The second kappa shape index (κ2) is 4.50. The van der Waals surface area contributed by atoms with E-state index in [1.807, 2.05) is 0 Å². The van der Waals surface area contributed by atoms with Crippen LogP contribution in [-0.2, 0) is 16.0 Å². The summed E-state index contributed by atoms with van der Waals surface area (Å²) < 4.78 is 18.3. The first kappa shape index (κ1) is 12.1. The zero-order valence-corrected chi connectivity index (χ0v) is 9.84. The molecule has 0 bridgehead atoms. The number of halogens is 2. The van der Waals surface area contributed by atoms with E-state index in [2.05, 4.69) is 10.1 Å². The Hall–Kier alpha value is -1.33. The molecule has 0 amide bonds. The van der Waals surface area contributed by atoms with Crippen molar-refractivity contribution in [2.24, 2.45) is 0 Å². The van der Waals surface area contributed by atoms with Crippen LogP contribution in [0.5, 0.6) is 0 Å². The van der Waals surface area contributed by atoms with Gasteiger partial charge in [0.05, 0.1) is 17.7 Å². The van der Waals surface area contributed by atoms with Crippen molar-refractivity contribution in [3.8, 4) is 0 Å². The van der Waals surface area contributed by atoms with Gasteiger partial charge in [-0.05, 0) is 18.1 Å². The van der Waals surface area contributed by atoms with E-state index in [-0.39, 0.29) is 10.6 Å². The monoisotopic (exact) mass is 259 g/mol. The van der Waals surface area contributed by atoms with Crippen LogP contribution in [0.4, 0.5) is 10.1 Å². The molecule has 0 radical (unpaired) electrons. The fourth-order valence-electron chi connectivity index (χ4n) is 1.91. The van der Waals surface area contributed by atoms with Gasteiger partial charge in [0, 0.05) is 12.2 Å². The van der Waals surface area contributed by atoms with E-state index in [9.17, 15) is 14.3 Å². The maximum atomic E-state index is 13.9. The molecular formula is C11H11ClFNO3. The minimum Gasteiger partial charge on any atom is -0.467 e. The Balaban J connectivity index is 2.56. The third-order valence-electron chi connectivity index (χ3n) is 2.73. The normalized spacial score (nSPS) is 15.1. The summed E-state index contributed by atoms with van der Waals surface area (Å²) in [4.78, 5) is 11.3. The highest BCUT2D eigenvalue weighted by molar-refractivity contribution is 6.31. The molecule has 1 atom stereocenters. The third-order valence-corrected chi connectivity index (χ3v) is 3.01. The summed E-state index contributed by atoms with van der Waals surface area (Å²) >= 11 is 5.72. The first-order chi connectivity index (χ1) is 8.06. The van der Waals surface area contributed by atoms with Crippen LogP contribution in [0.2, 0.25) is 5.02 Å². The van der Waals surface area contributed by atoms with Crippen molar-refractivity contribution in [1.82, 2.24) is 0 Å². The van der Waals surface area contributed by atoms with Crippen molar-refractivity contribution in [3.05, 3.63) is 28.0 Å². The van der Waals surface area contributed by atoms with Crippen molar-refractivity contribution >= 4 is 23.3 Å². The number of esters is 1. The highest BCUT2D eigenvalue weighted by Crippen LogP contribution is 2.37. The van der Waals surface area contributed by atoms with Gasteiger partial charge in [-0.15, -0.1) is 0 Å². The summed E-state index contributed by atoms with van der Waals surface area (Å²) in [5, 5.41) is 12.6. The lowest BCUT2D eigenvalue weighted by atomic mass is 10.0. The van der Waals surface area contributed by atoms with Gasteiger partial charge in [-0.3, -0.25) is 0 Å². The van der Waals surface area contributed by atoms with E-state index >= 15 is 0 Å². The highest BCUT2D eigenvalue weighted by Gasteiger charge is 2.30. The van der Waals surface area contributed by atoms with Crippen LogP contribution in [-0.4, -0.2) is 24.7 Å². The third kappa shape index (κ3) is 1.96. The molecule has 0 spiro atoms. The average molecular weight is 260 g/mol. The van der Waals surface area contributed by atoms with Crippen molar-refractivity contribution in [3.63, 3.8) is 0 Å². The minimum atomic E-state index is -1.67. The van der Waals surface area contributed by atoms with E-state index in [0.717, 1.165) is 12.7 Å². The van der Waals surface area contributed by atoms with Crippen LogP contribution >= 0.6 is 11.6 Å². The standard InChI is InChI=1S/C11H11ClFNO3/c1-17-11(16)10(15)7-8(13)6(12)4-5-2-3-14-9(5)7/h4,10,14-15H,2-3H2,1H3. The molecule has 1 aromatic rings. The summed E-state index contributed by atoms with van der Waals surface area (Å²) in [6.07, 6.45) is -0.992. The number of anilines is 1. The minimum absolute atomic E-state index is 0.106. The molecule has 92 valence electrons. The summed E-state index contributed by atoms with van der Waals surface area (Å²) in [5.41, 5.74) is 1.08. The lowest BCUT2D eigenvalue weighted by Crippen LogP contribution is -2.16. The van der Waals surface area contributed by atoms with Crippen LogP contribution < -0.4 is 5.32 Å². The second-order valence-corrected chi connectivity index (χ2v) is 4.13. The molecule has 1 aliphatic rings. The molecule has 1 heterocycles. The Kier molecular flexibility index (Phi) is 3.22. The predicted octanol–water partition coefficient (Wildman–Crippen LogP) is 1.65. The fraction of sp³-hybridized carbons (Fsp3) is 0.364. The maximum absolute atomic E-state index is 13.9. The molecule has 0 aliphatic carbocycles. The molecule has 0 saturated heterocycles. The number of hydrogen-bond donors (Lipinski definition) is 2. The van der Waals surface area contributed by atoms with E-state index in [4.69, 9.17) is 11.6 Å². The molecule has 1 unspecified atom stereocenters. The van der Waals surface area contributed by atoms with Gasteiger partial charge in [-0.25, -0.2) is 9.18 Å². The molecule has 1 aromatic carbocycles. The molecule has 6 heteroatoms. The topological polar surface area (TPSA) is 58.6 Å². The second-order valence-electron chi connectivity index (χ2n) is 3.72. The Morgan fingerprint density at radius 3 is 3.06 bits per heavy atom. The average Bonchev–Trinajstić information content (AvgIpc) is 2.76. The number of fused-ring (bicyclic) bond motifs is 1. The van der Waals surface area contributed by atoms with Gasteiger partial charge < -0.3 is 15.2 Å². The van der Waals surface area contributed by atoms with E-state index in [1.165, 1.54) is 6.07 Å². The fourth-order valence-corrected chi connectivity index (χ4v) is 2.15. The van der Waals surface area contributed by atoms with E-state index in [0.29, 0.717) is 18.7 Å². The number of carbonyl (C=O) groups excluding carboxylic acids is 1. The molecule has 2 rings (SSSR count). The van der Waals surface area contributed by atoms with E-state index < -0.39 is 17.9 Å². The number of rotatable bonds is 2. The smallest absolute Gasteiger partial charge is 0.339 e. The van der Waals surface area contributed by atoms with Gasteiger partial charge in [0.2, 0.25) is 0 Å². The number of nitrogens with one attached hydrogen (secondary N) is 1. The lowest BCUT2D eigenvalue weighted by molar-refractivity contribution is -0.150. The summed E-state index contributed by atoms with van der Waals surface area (Å²) in [6, 6.07) is 1.50. The zero-order valence-electron chi connectivity index (χ0n) is 9.09. The largest absolute Gasteiger partial charge is 0.467 e. The van der Waals surface area contributed by atoms with Gasteiger partial charge in [0.1, 0.15) is 5.82 Å². The molecule has 0 fully saturated rings. The van der Waals surface area contributed by atoms with Gasteiger partial charge in [-0.2, -0.15) is 0 Å². The van der Waals surface area contributed by atoms with Crippen LogP contribution in [0.15, 0.2) is 6.07 Å². The molecule has 17 heavy (non-hydrogen) atoms. The van der Waals surface area contributed by atoms with E-state index in [1.54, 1.807) is 0 Å². The van der Waals surface area contributed by atoms with Gasteiger partial charge in [0.15, 0.2) is 6.10 Å². The Bertz CT molecular complexity index is 478. The Labute approximate surface area is 102 Å². The molecule has 0 aromatic heterocycles. The van der Waals surface area contributed by atoms with Gasteiger partial charge >= 0.3 is 5.97 Å². The van der Waals surface area contributed by atoms with Crippen LogP contribution in [0, 0.1) is 5.82 Å². The first-order valence-corrected chi connectivity index (χ1v) is 5.44. The Morgan fingerprint density at radius 1 is 1.71 bits per heavy atom. The molecule has 0 saturated carbocycles. The summed E-state index contributed by atoms with van der Waals surface area (Å²) in [6.45, 7) is 0.621. The lowest BCUT2D eigenvalue weighted by Gasteiger charge is -2.15. The number of benzene rings is 1. The number of ether oxygens (including phenoxy) is 1. The van der Waals surface area contributed by atoms with Crippen LogP contribution in [0.3, 0.4) is 0 Å². The van der Waals surface area contributed by atoms with Crippen LogP contribution in [0.25, 0.3) is 0 Å².